The van der Waals surface area contributed by atoms with Gasteiger partial charge in [-0.25, -0.2) is 9.78 Å². The van der Waals surface area contributed by atoms with Crippen LogP contribution in [0.4, 0.5) is 0 Å². The minimum atomic E-state index is -1.08. The Morgan fingerprint density at radius 3 is 2.87 bits per heavy atom. The van der Waals surface area contributed by atoms with Gasteiger partial charge in [-0.2, -0.15) is 5.21 Å². The Labute approximate surface area is 84.2 Å². The smallest absolute Gasteiger partial charge is 0.354 e. The number of tetrazole rings is 1. The predicted molar refractivity (Wildman–Crippen MR) is 49.1 cm³/mol. The zero-order valence-corrected chi connectivity index (χ0v) is 7.80. The Hall–Kier alpha value is -2.31. The highest BCUT2D eigenvalue weighted by Gasteiger charge is 2.10. The number of hydrogen-bond acceptors (Lipinski definition) is 5. The first-order chi connectivity index (χ1) is 7.16. The van der Waals surface area contributed by atoms with Crippen LogP contribution in [0.15, 0.2) is 12.1 Å². The van der Waals surface area contributed by atoms with Crippen molar-refractivity contribution in [3.05, 3.63) is 23.5 Å². The van der Waals surface area contributed by atoms with Gasteiger partial charge in [0, 0.05) is 11.3 Å². The number of aryl methyl sites for hydroxylation is 1. The van der Waals surface area contributed by atoms with Crippen LogP contribution in [0.1, 0.15) is 16.2 Å². The summed E-state index contributed by atoms with van der Waals surface area (Å²) in [7, 11) is 0. The maximum Gasteiger partial charge on any atom is 0.354 e. The summed E-state index contributed by atoms with van der Waals surface area (Å²) in [4.78, 5) is 14.6. The number of carboxylic acids is 1. The van der Waals surface area contributed by atoms with E-state index in [-0.39, 0.29) is 5.69 Å². The summed E-state index contributed by atoms with van der Waals surface area (Å²) in [5.74, 6) is -0.730. The van der Waals surface area contributed by atoms with Gasteiger partial charge in [0.15, 0.2) is 0 Å². The second-order valence-corrected chi connectivity index (χ2v) is 2.92. The third-order valence-electron chi connectivity index (χ3n) is 1.78. The molecule has 76 valence electrons. The fourth-order valence-electron chi connectivity index (χ4n) is 1.19. The van der Waals surface area contributed by atoms with Gasteiger partial charge < -0.3 is 5.11 Å². The van der Waals surface area contributed by atoms with Crippen LogP contribution in [0.25, 0.3) is 11.4 Å². The summed E-state index contributed by atoms with van der Waals surface area (Å²) >= 11 is 0. The molecule has 0 saturated heterocycles. The molecule has 2 aromatic rings. The number of nitrogens with zero attached hydrogens (tertiary/aromatic N) is 4. The van der Waals surface area contributed by atoms with Crippen molar-refractivity contribution >= 4 is 5.97 Å². The van der Waals surface area contributed by atoms with Gasteiger partial charge in [0.25, 0.3) is 0 Å². The van der Waals surface area contributed by atoms with Crippen molar-refractivity contribution in [3.63, 3.8) is 0 Å². The molecule has 7 nitrogen and oxygen atoms in total. The summed E-state index contributed by atoms with van der Waals surface area (Å²) in [6, 6.07) is 3.09. The SMILES string of the molecule is Cc1cc(-c2nn[nH]n2)cc(C(=O)O)n1. The molecular weight excluding hydrogens is 198 g/mol. The van der Waals surface area contributed by atoms with Crippen LogP contribution in [0.2, 0.25) is 0 Å². The second-order valence-electron chi connectivity index (χ2n) is 2.92. The standard InChI is InChI=1S/C8H7N5O2/c1-4-2-5(7-10-12-13-11-7)3-6(9-4)8(14)15/h2-3H,1H3,(H,14,15)(H,10,11,12,13). The van der Waals surface area contributed by atoms with E-state index in [9.17, 15) is 4.79 Å². The third kappa shape index (κ3) is 1.80. The average molecular weight is 205 g/mol. The van der Waals surface area contributed by atoms with E-state index >= 15 is 0 Å². The molecule has 0 amide bonds. The summed E-state index contributed by atoms with van der Waals surface area (Å²) in [5, 5.41) is 22.0. The Balaban J connectivity index is 2.54. The minimum Gasteiger partial charge on any atom is -0.477 e. The lowest BCUT2D eigenvalue weighted by molar-refractivity contribution is 0.0690. The molecule has 0 aromatic carbocycles. The van der Waals surface area contributed by atoms with Gasteiger partial charge in [0.05, 0.1) is 0 Å². The molecule has 2 heterocycles. The highest BCUT2D eigenvalue weighted by atomic mass is 16.4. The number of rotatable bonds is 2. The van der Waals surface area contributed by atoms with Gasteiger partial charge in [-0.1, -0.05) is 0 Å². The molecule has 2 aromatic heterocycles. The lowest BCUT2D eigenvalue weighted by Gasteiger charge is -1.99. The first-order valence-electron chi connectivity index (χ1n) is 4.12. The fourth-order valence-corrected chi connectivity index (χ4v) is 1.19. The third-order valence-corrected chi connectivity index (χ3v) is 1.78. The van der Waals surface area contributed by atoms with E-state index in [4.69, 9.17) is 5.11 Å². The number of pyridine rings is 1. The van der Waals surface area contributed by atoms with Crippen LogP contribution >= 0.6 is 0 Å². The van der Waals surface area contributed by atoms with Crippen LogP contribution in [0.5, 0.6) is 0 Å². The van der Waals surface area contributed by atoms with E-state index in [2.05, 4.69) is 25.6 Å². The summed E-state index contributed by atoms with van der Waals surface area (Å²) in [5.41, 5.74) is 1.14. The largest absolute Gasteiger partial charge is 0.477 e. The Morgan fingerprint density at radius 2 is 2.27 bits per heavy atom. The quantitative estimate of drug-likeness (QED) is 0.728. The summed E-state index contributed by atoms with van der Waals surface area (Å²) in [6.07, 6.45) is 0. The van der Waals surface area contributed by atoms with Gasteiger partial charge in [0.1, 0.15) is 5.69 Å². The van der Waals surface area contributed by atoms with Gasteiger partial charge in [-0.15, -0.1) is 10.2 Å². The van der Waals surface area contributed by atoms with Crippen LogP contribution in [0, 0.1) is 6.92 Å². The Bertz CT molecular complexity index is 494. The number of aromatic nitrogens is 5. The van der Waals surface area contributed by atoms with Crippen molar-refractivity contribution in [1.82, 2.24) is 25.6 Å². The van der Waals surface area contributed by atoms with Crippen LogP contribution in [0.3, 0.4) is 0 Å². The van der Waals surface area contributed by atoms with Crippen LogP contribution < -0.4 is 0 Å². The number of H-pyrrole nitrogens is 1. The number of carbonyl (C=O) groups is 1. The molecule has 2 rings (SSSR count). The van der Waals surface area contributed by atoms with Gasteiger partial charge in [0.2, 0.25) is 5.82 Å². The molecule has 0 aliphatic heterocycles. The van der Waals surface area contributed by atoms with Crippen molar-refractivity contribution in [3.8, 4) is 11.4 Å². The van der Waals surface area contributed by atoms with E-state index in [1.165, 1.54) is 6.07 Å². The zero-order valence-electron chi connectivity index (χ0n) is 7.80. The van der Waals surface area contributed by atoms with E-state index in [1.807, 2.05) is 0 Å². The fraction of sp³-hybridized carbons (Fsp3) is 0.125. The molecule has 15 heavy (non-hydrogen) atoms. The molecule has 0 aliphatic rings. The number of hydrogen-bond donors (Lipinski definition) is 2. The topological polar surface area (TPSA) is 105 Å². The molecule has 0 aliphatic carbocycles. The lowest BCUT2D eigenvalue weighted by Crippen LogP contribution is -2.02. The Kier molecular flexibility index (Phi) is 2.13. The summed E-state index contributed by atoms with van der Waals surface area (Å²) in [6.45, 7) is 1.70. The minimum absolute atomic E-state index is 0.0326. The monoisotopic (exact) mass is 205 g/mol. The van der Waals surface area contributed by atoms with E-state index in [0.29, 0.717) is 17.1 Å². The van der Waals surface area contributed by atoms with E-state index in [0.717, 1.165) is 0 Å². The molecule has 0 radical (unpaired) electrons. The predicted octanol–water partition coefficient (Wildman–Crippen LogP) is 0.268. The summed E-state index contributed by atoms with van der Waals surface area (Å²) < 4.78 is 0. The molecule has 0 bridgehead atoms. The second kappa shape index (κ2) is 3.45. The normalized spacial score (nSPS) is 10.2. The average Bonchev–Trinajstić information content (AvgIpc) is 2.69. The lowest BCUT2D eigenvalue weighted by atomic mass is 10.2. The van der Waals surface area contributed by atoms with E-state index in [1.54, 1.807) is 13.0 Å². The number of aromatic carboxylic acids is 1. The molecule has 0 spiro atoms. The molecule has 7 heteroatoms. The highest BCUT2D eigenvalue weighted by molar-refractivity contribution is 5.86. The number of nitrogens with one attached hydrogen (secondary N) is 1. The van der Waals surface area contributed by atoms with Crippen LogP contribution in [-0.2, 0) is 0 Å². The maximum atomic E-state index is 10.7. The number of carboxylic acid groups (broad SMARTS) is 1. The van der Waals surface area contributed by atoms with Crippen LogP contribution in [-0.4, -0.2) is 36.7 Å². The molecule has 0 unspecified atom stereocenters. The van der Waals surface area contributed by atoms with Crippen molar-refractivity contribution in [2.75, 3.05) is 0 Å². The first-order valence-corrected chi connectivity index (χ1v) is 4.12. The molecule has 0 fully saturated rings. The molecule has 0 atom stereocenters. The van der Waals surface area contributed by atoms with Crippen molar-refractivity contribution < 1.29 is 9.90 Å². The number of aromatic amines is 1. The first kappa shape index (κ1) is 9.25. The van der Waals surface area contributed by atoms with Gasteiger partial charge >= 0.3 is 5.97 Å². The maximum absolute atomic E-state index is 10.7. The zero-order chi connectivity index (χ0) is 10.8. The van der Waals surface area contributed by atoms with E-state index < -0.39 is 5.97 Å². The van der Waals surface area contributed by atoms with Crippen molar-refractivity contribution in [2.24, 2.45) is 0 Å². The van der Waals surface area contributed by atoms with Gasteiger partial charge in [-0.3, -0.25) is 0 Å². The molecule has 2 N–H and O–H groups in total. The van der Waals surface area contributed by atoms with Crippen molar-refractivity contribution in [1.29, 1.82) is 0 Å². The molecular formula is C8H7N5O2. The van der Waals surface area contributed by atoms with Crippen molar-refractivity contribution in [2.45, 2.75) is 6.92 Å². The molecule has 0 saturated carbocycles. The Morgan fingerprint density at radius 1 is 1.47 bits per heavy atom. The van der Waals surface area contributed by atoms with Gasteiger partial charge in [-0.05, 0) is 24.3 Å². The highest BCUT2D eigenvalue weighted by Crippen LogP contribution is 2.15.